The number of rotatable bonds is 7. The normalized spacial score (nSPS) is 14.7. The quantitative estimate of drug-likeness (QED) is 0.215. The van der Waals surface area contributed by atoms with Gasteiger partial charge in [0.2, 0.25) is 0 Å². The number of imide groups is 2. The average molecular weight is 693 g/mol. The standard InChI is InChI=1S/C27H21Br3N2O5/c1-3-36-23-13-16(12-22(30)24(23)37-14-17-6-4-5-7-21(17)29)11-19-25(33)31-27(35)32(26(19)34)18-8-9-20(28)15(2)10-18/h4-13H,3,14H2,1-2H3,(H,31,33,35)/b19-11-. The molecule has 1 fully saturated rings. The second-order valence-corrected chi connectivity index (χ2v) is 10.6. The van der Waals surface area contributed by atoms with Crippen LogP contribution < -0.4 is 19.7 Å². The third kappa shape index (κ3) is 5.97. The lowest BCUT2D eigenvalue weighted by Gasteiger charge is -2.26. The van der Waals surface area contributed by atoms with Crippen LogP contribution in [0.25, 0.3) is 6.08 Å². The first-order chi connectivity index (χ1) is 17.7. The van der Waals surface area contributed by atoms with E-state index in [1.165, 1.54) is 6.08 Å². The number of carbonyl (C=O) groups is 3. The molecule has 0 spiro atoms. The molecule has 1 N–H and O–H groups in total. The molecule has 190 valence electrons. The summed E-state index contributed by atoms with van der Waals surface area (Å²) in [6.07, 6.45) is 1.42. The highest BCUT2D eigenvalue weighted by Crippen LogP contribution is 2.38. The van der Waals surface area contributed by atoms with E-state index in [0.717, 1.165) is 25.0 Å². The van der Waals surface area contributed by atoms with Crippen LogP contribution in [-0.2, 0) is 16.2 Å². The molecule has 0 radical (unpaired) electrons. The molecule has 1 aliphatic heterocycles. The van der Waals surface area contributed by atoms with Crippen LogP contribution in [0.4, 0.5) is 10.5 Å². The van der Waals surface area contributed by atoms with Crippen molar-refractivity contribution in [2.75, 3.05) is 11.5 Å². The van der Waals surface area contributed by atoms with Crippen LogP contribution in [0.5, 0.6) is 11.5 Å². The van der Waals surface area contributed by atoms with Crippen LogP contribution >= 0.6 is 47.8 Å². The van der Waals surface area contributed by atoms with Crippen molar-refractivity contribution in [3.63, 3.8) is 0 Å². The number of benzene rings is 3. The molecule has 1 heterocycles. The summed E-state index contributed by atoms with van der Waals surface area (Å²) in [7, 11) is 0. The Morgan fingerprint density at radius 2 is 1.68 bits per heavy atom. The van der Waals surface area contributed by atoms with Crippen LogP contribution in [0.1, 0.15) is 23.6 Å². The number of anilines is 1. The van der Waals surface area contributed by atoms with E-state index >= 15 is 0 Å². The molecule has 4 amide bonds. The lowest BCUT2D eigenvalue weighted by Crippen LogP contribution is -2.54. The van der Waals surface area contributed by atoms with Gasteiger partial charge in [0.1, 0.15) is 12.2 Å². The van der Waals surface area contributed by atoms with E-state index in [1.807, 2.05) is 38.1 Å². The van der Waals surface area contributed by atoms with Gasteiger partial charge in [-0.25, -0.2) is 9.69 Å². The number of barbiturate groups is 1. The minimum atomic E-state index is -0.805. The Balaban J connectivity index is 1.67. The predicted molar refractivity (Wildman–Crippen MR) is 152 cm³/mol. The van der Waals surface area contributed by atoms with E-state index in [-0.39, 0.29) is 5.57 Å². The zero-order chi connectivity index (χ0) is 26.7. The molecular weight excluding hydrogens is 672 g/mol. The zero-order valence-corrected chi connectivity index (χ0v) is 24.6. The first-order valence-electron chi connectivity index (χ1n) is 11.2. The van der Waals surface area contributed by atoms with Crippen LogP contribution in [0, 0.1) is 6.92 Å². The van der Waals surface area contributed by atoms with Crippen molar-refractivity contribution in [2.45, 2.75) is 20.5 Å². The van der Waals surface area contributed by atoms with Crippen LogP contribution in [0.2, 0.25) is 0 Å². The first-order valence-corrected chi connectivity index (χ1v) is 13.6. The molecule has 0 atom stereocenters. The maximum absolute atomic E-state index is 13.3. The van der Waals surface area contributed by atoms with E-state index in [1.54, 1.807) is 30.3 Å². The van der Waals surface area contributed by atoms with Gasteiger partial charge >= 0.3 is 6.03 Å². The van der Waals surface area contributed by atoms with Crippen molar-refractivity contribution in [1.29, 1.82) is 0 Å². The topological polar surface area (TPSA) is 84.9 Å². The molecule has 1 saturated heterocycles. The van der Waals surface area contributed by atoms with Crippen molar-refractivity contribution in [3.8, 4) is 11.5 Å². The molecule has 4 rings (SSSR count). The number of ether oxygens (including phenoxy) is 2. The number of halogens is 3. The second-order valence-electron chi connectivity index (χ2n) is 8.03. The van der Waals surface area contributed by atoms with Gasteiger partial charge in [0.25, 0.3) is 11.8 Å². The molecule has 0 unspecified atom stereocenters. The van der Waals surface area contributed by atoms with E-state index in [9.17, 15) is 14.4 Å². The Kier molecular flexibility index (Phi) is 8.51. The van der Waals surface area contributed by atoms with E-state index < -0.39 is 17.8 Å². The highest BCUT2D eigenvalue weighted by atomic mass is 79.9. The summed E-state index contributed by atoms with van der Waals surface area (Å²) in [5, 5.41) is 2.25. The van der Waals surface area contributed by atoms with Crippen LogP contribution in [0.3, 0.4) is 0 Å². The summed E-state index contributed by atoms with van der Waals surface area (Å²) in [6, 6.07) is 15.4. The number of aryl methyl sites for hydroxylation is 1. The summed E-state index contributed by atoms with van der Waals surface area (Å²) in [5.41, 5.74) is 2.48. The number of urea groups is 1. The Bertz CT molecular complexity index is 1440. The van der Waals surface area contributed by atoms with E-state index in [2.05, 4.69) is 53.1 Å². The molecule has 1 aliphatic rings. The summed E-state index contributed by atoms with van der Waals surface area (Å²) in [6.45, 7) is 4.36. The number of nitrogens with one attached hydrogen (secondary N) is 1. The molecular formula is C27H21Br3N2O5. The Morgan fingerprint density at radius 1 is 0.919 bits per heavy atom. The van der Waals surface area contributed by atoms with Crippen LogP contribution in [0.15, 0.2) is 73.6 Å². The number of hydrogen-bond donors (Lipinski definition) is 1. The van der Waals surface area contributed by atoms with Gasteiger partial charge in [-0.2, -0.15) is 0 Å². The van der Waals surface area contributed by atoms with E-state index in [0.29, 0.717) is 40.4 Å². The van der Waals surface area contributed by atoms with E-state index in [4.69, 9.17) is 9.47 Å². The highest BCUT2D eigenvalue weighted by molar-refractivity contribution is 9.11. The summed E-state index contributed by atoms with van der Waals surface area (Å²) in [5.74, 6) is -0.570. The molecule has 10 heteroatoms. The van der Waals surface area contributed by atoms with Gasteiger partial charge in [0.15, 0.2) is 11.5 Å². The predicted octanol–water partition coefficient (Wildman–Crippen LogP) is 6.93. The fraction of sp³-hybridized carbons (Fsp3) is 0.148. The Labute approximate surface area is 239 Å². The lowest BCUT2D eigenvalue weighted by molar-refractivity contribution is -0.122. The second kappa shape index (κ2) is 11.6. The van der Waals surface area contributed by atoms with Crippen molar-refractivity contribution >= 4 is 77.4 Å². The van der Waals surface area contributed by atoms with Gasteiger partial charge in [0.05, 0.1) is 16.8 Å². The molecule has 3 aromatic rings. The summed E-state index contributed by atoms with van der Waals surface area (Å²) >= 11 is 10.5. The largest absolute Gasteiger partial charge is 0.490 e. The molecule has 0 aromatic heterocycles. The van der Waals surface area contributed by atoms with Crippen molar-refractivity contribution in [3.05, 3.63) is 90.3 Å². The molecule has 0 aliphatic carbocycles. The lowest BCUT2D eigenvalue weighted by atomic mass is 10.1. The van der Waals surface area contributed by atoms with Gasteiger partial charge < -0.3 is 9.47 Å². The number of carbonyl (C=O) groups excluding carboxylic acids is 3. The maximum Gasteiger partial charge on any atom is 0.335 e. The smallest absolute Gasteiger partial charge is 0.335 e. The van der Waals surface area contributed by atoms with Gasteiger partial charge in [0, 0.05) is 14.5 Å². The van der Waals surface area contributed by atoms with Crippen LogP contribution in [-0.4, -0.2) is 24.5 Å². The Hall–Kier alpha value is -2.95. The maximum atomic E-state index is 13.3. The minimum Gasteiger partial charge on any atom is -0.490 e. The average Bonchev–Trinajstić information content (AvgIpc) is 2.84. The monoisotopic (exact) mass is 690 g/mol. The van der Waals surface area contributed by atoms with Crippen molar-refractivity contribution in [1.82, 2.24) is 5.32 Å². The third-order valence-corrected chi connectivity index (χ3v) is 7.73. The van der Waals surface area contributed by atoms with Gasteiger partial charge in [-0.3, -0.25) is 14.9 Å². The van der Waals surface area contributed by atoms with Gasteiger partial charge in [-0.15, -0.1) is 0 Å². The summed E-state index contributed by atoms with van der Waals surface area (Å²) < 4.78 is 14.2. The summed E-state index contributed by atoms with van der Waals surface area (Å²) in [4.78, 5) is 39.4. The van der Waals surface area contributed by atoms with Gasteiger partial charge in [-0.1, -0.05) is 50.1 Å². The molecule has 7 nitrogen and oxygen atoms in total. The molecule has 37 heavy (non-hydrogen) atoms. The first kappa shape index (κ1) is 27.1. The Morgan fingerprint density at radius 3 is 2.38 bits per heavy atom. The molecule has 0 bridgehead atoms. The molecule has 3 aromatic carbocycles. The number of hydrogen-bond acceptors (Lipinski definition) is 5. The zero-order valence-electron chi connectivity index (χ0n) is 19.8. The van der Waals surface area contributed by atoms with Gasteiger partial charge in [-0.05, 0) is 83.4 Å². The third-order valence-electron chi connectivity index (χ3n) is 5.47. The van der Waals surface area contributed by atoms with Crippen molar-refractivity contribution < 1.29 is 23.9 Å². The number of amides is 4. The SMILES string of the molecule is CCOc1cc(/C=C2/C(=O)NC(=O)N(c3ccc(Br)c(C)c3)C2=O)cc(Br)c1OCc1ccccc1Br. The number of nitrogens with zero attached hydrogens (tertiary/aromatic N) is 1. The minimum absolute atomic E-state index is 0.184. The highest BCUT2D eigenvalue weighted by Gasteiger charge is 2.37. The molecule has 0 saturated carbocycles. The fourth-order valence-corrected chi connectivity index (χ4v) is 4.89. The fourth-order valence-electron chi connectivity index (χ4n) is 3.67. The van der Waals surface area contributed by atoms with Crippen molar-refractivity contribution in [2.24, 2.45) is 0 Å².